The van der Waals surface area contributed by atoms with Crippen LogP contribution in [0.15, 0.2) is 72.8 Å². The van der Waals surface area contributed by atoms with E-state index in [9.17, 15) is 14.4 Å². The van der Waals surface area contributed by atoms with Crippen LogP contribution in [0.4, 0.5) is 4.79 Å². The third-order valence-electron chi connectivity index (χ3n) is 7.18. The molecule has 2 atom stereocenters. The number of hydrogen-bond acceptors (Lipinski definition) is 5. The number of amides is 4. The Kier molecular flexibility index (Phi) is 6.56. The Morgan fingerprint density at radius 2 is 1.62 bits per heavy atom. The van der Waals surface area contributed by atoms with Crippen molar-refractivity contribution >= 4 is 17.8 Å². The number of hydrogen-bond donors (Lipinski definition) is 2. The molecule has 37 heavy (non-hydrogen) atoms. The molecule has 5 rings (SSSR count). The summed E-state index contributed by atoms with van der Waals surface area (Å²) in [4.78, 5) is 40.5. The highest BCUT2D eigenvalue weighted by molar-refractivity contribution is 6.09. The van der Waals surface area contributed by atoms with Gasteiger partial charge in [-0.15, -0.1) is 0 Å². The Hall–Kier alpha value is -4.33. The second-order valence-electron chi connectivity index (χ2n) is 9.33. The fourth-order valence-corrected chi connectivity index (χ4v) is 5.20. The van der Waals surface area contributed by atoms with Crippen molar-refractivity contribution in [2.75, 3.05) is 20.8 Å². The molecule has 0 bridgehead atoms. The maximum Gasteiger partial charge on any atom is 0.325 e. The molecule has 8 heteroatoms. The van der Waals surface area contributed by atoms with Crippen LogP contribution in [0, 0.1) is 0 Å². The molecule has 1 aliphatic carbocycles. The van der Waals surface area contributed by atoms with Gasteiger partial charge in [0.25, 0.3) is 5.91 Å². The number of carbonyl (C=O) groups excluding carboxylic acids is 3. The molecule has 1 spiro atoms. The molecule has 1 saturated heterocycles. The second kappa shape index (κ2) is 9.97. The molecule has 2 N–H and O–H groups in total. The second-order valence-corrected chi connectivity index (χ2v) is 9.33. The first kappa shape index (κ1) is 24.4. The van der Waals surface area contributed by atoms with Crippen molar-refractivity contribution in [2.24, 2.45) is 0 Å². The normalized spacial score (nSPS) is 18.9. The van der Waals surface area contributed by atoms with Crippen LogP contribution in [-0.4, -0.2) is 43.5 Å². The maximum atomic E-state index is 13.5. The van der Waals surface area contributed by atoms with Gasteiger partial charge in [0, 0.05) is 0 Å². The van der Waals surface area contributed by atoms with Gasteiger partial charge in [-0.05, 0) is 65.8 Å². The number of methoxy groups -OCH3 is 2. The number of nitrogens with zero attached hydrogens (tertiary/aromatic N) is 1. The van der Waals surface area contributed by atoms with Gasteiger partial charge in [0.05, 0.1) is 20.3 Å². The van der Waals surface area contributed by atoms with Crippen LogP contribution < -0.4 is 20.1 Å². The Labute approximate surface area is 215 Å². The van der Waals surface area contributed by atoms with E-state index in [2.05, 4.69) is 10.6 Å². The highest BCUT2D eigenvalue weighted by atomic mass is 16.5. The van der Waals surface area contributed by atoms with Crippen molar-refractivity contribution in [3.8, 4) is 11.5 Å². The van der Waals surface area contributed by atoms with Crippen LogP contribution in [0.2, 0.25) is 0 Å². The molecule has 0 radical (unpaired) electrons. The number of carbonyl (C=O) groups is 3. The van der Waals surface area contributed by atoms with E-state index in [0.717, 1.165) is 32.9 Å². The van der Waals surface area contributed by atoms with Crippen LogP contribution in [-0.2, 0) is 28.0 Å². The van der Waals surface area contributed by atoms with Gasteiger partial charge in [-0.25, -0.2) is 4.79 Å². The van der Waals surface area contributed by atoms with Crippen molar-refractivity contribution in [3.63, 3.8) is 0 Å². The summed E-state index contributed by atoms with van der Waals surface area (Å²) in [6.07, 6.45) is 1.70. The zero-order valence-corrected chi connectivity index (χ0v) is 20.8. The number of benzene rings is 3. The Morgan fingerprint density at radius 3 is 2.30 bits per heavy atom. The van der Waals surface area contributed by atoms with E-state index in [1.807, 2.05) is 72.8 Å². The minimum Gasteiger partial charge on any atom is -0.497 e. The van der Waals surface area contributed by atoms with Crippen molar-refractivity contribution < 1.29 is 23.9 Å². The summed E-state index contributed by atoms with van der Waals surface area (Å²) in [6, 6.07) is 21.8. The monoisotopic (exact) mass is 499 g/mol. The molecular weight excluding hydrogens is 470 g/mol. The standard InChI is InChI=1S/C29H29N3O5/c1-36-22-11-7-19(8-12-22)17-25(21-9-13-23(37-2)14-10-21)30-26(33)18-32-27(34)29(31-28(32)35)16-15-20-5-3-4-6-24(20)29/h3-14,25H,15-18H2,1-2H3,(H,30,33)(H,31,35). The van der Waals surface area contributed by atoms with Crippen LogP contribution in [0.5, 0.6) is 11.5 Å². The van der Waals surface area contributed by atoms with E-state index < -0.39 is 17.5 Å². The lowest BCUT2D eigenvalue weighted by Crippen LogP contribution is -2.44. The highest BCUT2D eigenvalue weighted by Gasteiger charge is 2.55. The van der Waals surface area contributed by atoms with Crippen LogP contribution >= 0.6 is 0 Å². The summed E-state index contributed by atoms with van der Waals surface area (Å²) >= 11 is 0. The van der Waals surface area contributed by atoms with Crippen molar-refractivity contribution in [1.29, 1.82) is 0 Å². The van der Waals surface area contributed by atoms with Gasteiger partial charge >= 0.3 is 6.03 Å². The average molecular weight is 500 g/mol. The van der Waals surface area contributed by atoms with Gasteiger partial charge in [-0.1, -0.05) is 48.5 Å². The van der Waals surface area contributed by atoms with Gasteiger partial charge < -0.3 is 20.1 Å². The third kappa shape index (κ3) is 4.62. The lowest BCUT2D eigenvalue weighted by Gasteiger charge is -2.23. The molecule has 4 amide bonds. The zero-order chi connectivity index (χ0) is 26.0. The molecule has 1 heterocycles. The molecule has 3 aromatic rings. The summed E-state index contributed by atoms with van der Waals surface area (Å²) in [6.45, 7) is -0.357. The number of aryl methyl sites for hydroxylation is 1. The Bertz CT molecular complexity index is 1320. The largest absolute Gasteiger partial charge is 0.497 e. The molecule has 1 aliphatic heterocycles. The highest BCUT2D eigenvalue weighted by Crippen LogP contribution is 2.41. The van der Waals surface area contributed by atoms with Gasteiger partial charge in [0.2, 0.25) is 5.91 Å². The Morgan fingerprint density at radius 1 is 0.973 bits per heavy atom. The minimum absolute atomic E-state index is 0.357. The van der Waals surface area contributed by atoms with Crippen molar-refractivity contribution in [1.82, 2.24) is 15.5 Å². The minimum atomic E-state index is -1.09. The topological polar surface area (TPSA) is 97.0 Å². The number of rotatable bonds is 8. The molecule has 2 aliphatic rings. The summed E-state index contributed by atoms with van der Waals surface area (Å²) < 4.78 is 10.5. The van der Waals surface area contributed by atoms with E-state index in [4.69, 9.17) is 9.47 Å². The summed E-state index contributed by atoms with van der Waals surface area (Å²) in [5.74, 6) is 0.657. The number of urea groups is 1. The van der Waals surface area contributed by atoms with Crippen LogP contribution in [0.1, 0.15) is 34.7 Å². The first-order chi connectivity index (χ1) is 17.9. The molecule has 1 fully saturated rings. The molecule has 3 aromatic carbocycles. The molecule has 190 valence electrons. The zero-order valence-electron chi connectivity index (χ0n) is 20.8. The smallest absolute Gasteiger partial charge is 0.325 e. The fraction of sp³-hybridized carbons (Fsp3) is 0.276. The number of fused-ring (bicyclic) bond motifs is 2. The quantitative estimate of drug-likeness (QED) is 0.463. The predicted molar refractivity (Wildman–Crippen MR) is 137 cm³/mol. The van der Waals surface area contributed by atoms with Crippen LogP contribution in [0.25, 0.3) is 0 Å². The van der Waals surface area contributed by atoms with Crippen molar-refractivity contribution in [2.45, 2.75) is 30.8 Å². The first-order valence-corrected chi connectivity index (χ1v) is 12.2. The van der Waals surface area contributed by atoms with E-state index in [1.165, 1.54) is 0 Å². The van der Waals surface area contributed by atoms with Crippen LogP contribution in [0.3, 0.4) is 0 Å². The van der Waals surface area contributed by atoms with Gasteiger partial charge in [-0.3, -0.25) is 14.5 Å². The summed E-state index contributed by atoms with van der Waals surface area (Å²) in [5, 5.41) is 5.90. The average Bonchev–Trinajstić information content (AvgIpc) is 3.41. The molecule has 2 unspecified atom stereocenters. The summed E-state index contributed by atoms with van der Waals surface area (Å²) in [7, 11) is 3.21. The number of ether oxygens (including phenoxy) is 2. The maximum absolute atomic E-state index is 13.5. The predicted octanol–water partition coefficient (Wildman–Crippen LogP) is 3.50. The van der Waals surface area contributed by atoms with E-state index in [0.29, 0.717) is 25.0 Å². The molecular formula is C29H29N3O5. The lowest BCUT2D eigenvalue weighted by atomic mass is 9.92. The molecule has 0 saturated carbocycles. The van der Waals surface area contributed by atoms with Crippen molar-refractivity contribution in [3.05, 3.63) is 95.1 Å². The molecule has 0 aromatic heterocycles. The van der Waals surface area contributed by atoms with Gasteiger partial charge in [0.1, 0.15) is 23.6 Å². The molecule has 8 nitrogen and oxygen atoms in total. The first-order valence-electron chi connectivity index (χ1n) is 12.2. The number of nitrogens with one attached hydrogen (secondary N) is 2. The van der Waals surface area contributed by atoms with E-state index in [1.54, 1.807) is 14.2 Å². The fourth-order valence-electron chi connectivity index (χ4n) is 5.20. The van der Waals surface area contributed by atoms with E-state index >= 15 is 0 Å². The summed E-state index contributed by atoms with van der Waals surface area (Å²) in [5.41, 5.74) is 2.64. The van der Waals surface area contributed by atoms with E-state index in [-0.39, 0.29) is 18.5 Å². The SMILES string of the molecule is COc1ccc(CC(NC(=O)CN2C(=O)NC3(CCc4ccccc43)C2=O)c2ccc(OC)cc2)cc1. The van der Waals surface area contributed by atoms with Gasteiger partial charge in [0.15, 0.2) is 0 Å². The number of imide groups is 1. The lowest BCUT2D eigenvalue weighted by molar-refractivity contribution is -0.135. The third-order valence-corrected chi connectivity index (χ3v) is 7.18. The Balaban J connectivity index is 1.34. The van der Waals surface area contributed by atoms with Gasteiger partial charge in [-0.2, -0.15) is 0 Å².